The number of halogens is 2. The molecule has 5 N–H and O–H groups in total. The second kappa shape index (κ2) is 9.21. The van der Waals surface area contributed by atoms with Crippen molar-refractivity contribution < 1.29 is 13.0 Å². The van der Waals surface area contributed by atoms with E-state index in [1.54, 1.807) is 18.2 Å². The minimum absolute atomic E-state index is 0. The molecule has 0 unspecified atom stereocenters. The van der Waals surface area contributed by atoms with E-state index in [0.29, 0.717) is 17.1 Å². The highest BCUT2D eigenvalue weighted by molar-refractivity contribution is 8.09. The van der Waals surface area contributed by atoms with Gasteiger partial charge in [-0.3, -0.25) is 4.55 Å². The van der Waals surface area contributed by atoms with Crippen LogP contribution in [0, 0.1) is 0 Å². The summed E-state index contributed by atoms with van der Waals surface area (Å²) < 4.78 is 25.2. The van der Waals surface area contributed by atoms with Crippen molar-refractivity contribution in [1.82, 2.24) is 0 Å². The third-order valence-electron chi connectivity index (χ3n) is 2.08. The summed E-state index contributed by atoms with van der Waals surface area (Å²) in [7, 11) is -0.137. The first-order valence-corrected chi connectivity index (χ1v) is 7.81. The normalized spacial score (nSPS) is 10.5. The lowest BCUT2D eigenvalue weighted by molar-refractivity contribution is 0.501. The molecule has 7 nitrogen and oxygen atoms in total. The Morgan fingerprint density at radius 1 is 1.00 bits per heavy atom. The van der Waals surface area contributed by atoms with Crippen molar-refractivity contribution in [3.8, 4) is 0 Å². The molecule has 0 saturated carbocycles. The lowest BCUT2D eigenvalue weighted by Gasteiger charge is -1.99. The molecule has 10 heteroatoms. The van der Waals surface area contributed by atoms with Gasteiger partial charge in [-0.1, -0.05) is 18.2 Å². The van der Waals surface area contributed by atoms with Crippen LogP contribution in [-0.2, 0) is 9.33 Å². The van der Waals surface area contributed by atoms with Gasteiger partial charge >= 0.3 is 9.33 Å². The Kier molecular flexibility index (Phi) is 8.43. The minimum Gasteiger partial charge on any atom is -0.399 e. The molecule has 0 saturated heterocycles. The van der Waals surface area contributed by atoms with E-state index >= 15 is 0 Å². The SMILES string of the molecule is Cl.Nc1ccc(N=Nc2ccccc2)c(N)c1.O=S(=O)(O)Cl. The number of rotatable bonds is 2. The molecule has 0 aliphatic heterocycles. The lowest BCUT2D eigenvalue weighted by Crippen LogP contribution is -1.89. The Labute approximate surface area is 138 Å². The Bertz CT molecular complexity index is 716. The first kappa shape index (κ1) is 20.1. The molecule has 0 heterocycles. The second-order valence-corrected chi connectivity index (χ2v) is 5.76. The van der Waals surface area contributed by atoms with Crippen molar-refractivity contribution in [2.24, 2.45) is 10.2 Å². The van der Waals surface area contributed by atoms with Crippen molar-refractivity contribution in [1.29, 1.82) is 0 Å². The highest BCUT2D eigenvalue weighted by Gasteiger charge is 1.97. The van der Waals surface area contributed by atoms with Crippen molar-refractivity contribution in [3.05, 3.63) is 48.5 Å². The Hall–Kier alpha value is -1.87. The van der Waals surface area contributed by atoms with Crippen LogP contribution in [0.4, 0.5) is 22.7 Å². The van der Waals surface area contributed by atoms with Gasteiger partial charge in [0.2, 0.25) is 0 Å². The van der Waals surface area contributed by atoms with Crippen molar-refractivity contribution in [2.45, 2.75) is 0 Å². The summed E-state index contributed by atoms with van der Waals surface area (Å²) in [4.78, 5) is 0. The molecule has 0 radical (unpaired) electrons. The minimum atomic E-state index is -4.19. The van der Waals surface area contributed by atoms with Gasteiger partial charge in [0.25, 0.3) is 0 Å². The molecule has 22 heavy (non-hydrogen) atoms. The number of anilines is 2. The third kappa shape index (κ3) is 9.14. The van der Waals surface area contributed by atoms with Gasteiger partial charge in [0.15, 0.2) is 0 Å². The van der Waals surface area contributed by atoms with Gasteiger partial charge in [-0.15, -0.1) is 17.5 Å². The Balaban J connectivity index is 0.000000644. The summed E-state index contributed by atoms with van der Waals surface area (Å²) in [6.45, 7) is 0. The predicted molar refractivity (Wildman–Crippen MR) is 90.5 cm³/mol. The van der Waals surface area contributed by atoms with E-state index in [9.17, 15) is 0 Å². The van der Waals surface area contributed by atoms with Gasteiger partial charge < -0.3 is 11.5 Å². The Morgan fingerprint density at radius 2 is 1.55 bits per heavy atom. The lowest BCUT2D eigenvalue weighted by atomic mass is 10.2. The smallest absolute Gasteiger partial charge is 0.353 e. The fourth-order valence-electron chi connectivity index (χ4n) is 1.27. The molecule has 0 bridgehead atoms. The van der Waals surface area contributed by atoms with Crippen LogP contribution >= 0.6 is 23.1 Å². The topological polar surface area (TPSA) is 131 Å². The quantitative estimate of drug-likeness (QED) is 0.323. The summed E-state index contributed by atoms with van der Waals surface area (Å²) in [6.07, 6.45) is 0. The molecule has 0 spiro atoms. The first-order valence-electron chi connectivity index (χ1n) is 5.54. The van der Waals surface area contributed by atoms with Crippen LogP contribution in [0.1, 0.15) is 0 Å². The molecule has 2 aromatic rings. The van der Waals surface area contributed by atoms with Crippen LogP contribution in [0.25, 0.3) is 0 Å². The van der Waals surface area contributed by atoms with Crippen LogP contribution in [0.15, 0.2) is 58.8 Å². The number of hydrogen-bond donors (Lipinski definition) is 3. The standard InChI is InChI=1S/C12H12N4.ClHO3S.ClH/c13-9-6-7-12(11(14)8-9)16-15-10-4-2-1-3-5-10;1-5(2,3)4;/h1-8H,13-14H2;(H,2,3,4);1H. The number of azo groups is 1. The maximum atomic E-state index is 8.95. The second-order valence-electron chi connectivity index (χ2n) is 3.77. The number of hydrogen-bond acceptors (Lipinski definition) is 6. The van der Waals surface area contributed by atoms with E-state index in [4.69, 9.17) is 24.4 Å². The largest absolute Gasteiger partial charge is 0.399 e. The van der Waals surface area contributed by atoms with Crippen LogP contribution in [-0.4, -0.2) is 13.0 Å². The molecule has 0 aromatic heterocycles. The molecule has 0 amide bonds. The summed E-state index contributed by atoms with van der Waals surface area (Å²) in [6, 6.07) is 14.6. The van der Waals surface area contributed by atoms with Gasteiger partial charge in [-0.05, 0) is 30.3 Å². The summed E-state index contributed by atoms with van der Waals surface area (Å²) in [5.41, 5.74) is 13.9. The number of nitrogen functional groups attached to an aromatic ring is 2. The Morgan fingerprint density at radius 3 is 2.05 bits per heavy atom. The molecular weight excluding hydrogens is 351 g/mol. The monoisotopic (exact) mass is 364 g/mol. The molecule has 0 atom stereocenters. The molecule has 2 aromatic carbocycles. The fourth-order valence-corrected chi connectivity index (χ4v) is 1.27. The number of nitrogens with two attached hydrogens (primary N) is 2. The highest BCUT2D eigenvalue weighted by atomic mass is 35.7. The van der Waals surface area contributed by atoms with Crippen molar-refractivity contribution in [2.75, 3.05) is 11.5 Å². The molecule has 120 valence electrons. The molecule has 0 fully saturated rings. The van der Waals surface area contributed by atoms with Crippen LogP contribution in [0.5, 0.6) is 0 Å². The van der Waals surface area contributed by atoms with Crippen LogP contribution < -0.4 is 11.5 Å². The fraction of sp³-hybridized carbons (Fsp3) is 0. The van der Waals surface area contributed by atoms with Crippen molar-refractivity contribution >= 4 is 55.2 Å². The van der Waals surface area contributed by atoms with Crippen LogP contribution in [0.3, 0.4) is 0 Å². The zero-order chi connectivity index (χ0) is 15.9. The van der Waals surface area contributed by atoms with Gasteiger partial charge in [-0.25, -0.2) is 0 Å². The highest BCUT2D eigenvalue weighted by Crippen LogP contribution is 2.26. The van der Waals surface area contributed by atoms with E-state index in [1.165, 1.54) is 0 Å². The maximum absolute atomic E-state index is 8.95. The van der Waals surface area contributed by atoms with E-state index in [-0.39, 0.29) is 12.4 Å². The zero-order valence-electron chi connectivity index (χ0n) is 11.1. The average molecular weight is 365 g/mol. The van der Waals surface area contributed by atoms with Crippen LogP contribution in [0.2, 0.25) is 0 Å². The first-order chi connectivity index (χ1) is 9.75. The summed E-state index contributed by atoms with van der Waals surface area (Å²) >= 11 is 0. The summed E-state index contributed by atoms with van der Waals surface area (Å²) in [5.74, 6) is 0. The van der Waals surface area contributed by atoms with E-state index in [1.807, 2.05) is 30.3 Å². The molecular formula is C12H14Cl2N4O3S. The predicted octanol–water partition coefficient (Wildman–Crippen LogP) is 3.72. The molecule has 0 aliphatic carbocycles. The molecule has 2 rings (SSSR count). The van der Waals surface area contributed by atoms with E-state index < -0.39 is 9.33 Å². The maximum Gasteiger partial charge on any atom is 0.353 e. The van der Waals surface area contributed by atoms with Crippen molar-refractivity contribution in [3.63, 3.8) is 0 Å². The van der Waals surface area contributed by atoms with E-state index in [0.717, 1.165) is 5.69 Å². The third-order valence-corrected chi connectivity index (χ3v) is 2.08. The number of benzene rings is 2. The van der Waals surface area contributed by atoms with Gasteiger partial charge in [0, 0.05) is 16.4 Å². The van der Waals surface area contributed by atoms with Gasteiger partial charge in [0.05, 0.1) is 11.4 Å². The van der Waals surface area contributed by atoms with E-state index in [2.05, 4.69) is 20.9 Å². The van der Waals surface area contributed by atoms with Gasteiger partial charge in [0.1, 0.15) is 5.69 Å². The zero-order valence-corrected chi connectivity index (χ0v) is 13.5. The van der Waals surface area contributed by atoms with Gasteiger partial charge in [-0.2, -0.15) is 13.5 Å². The number of nitrogens with zero attached hydrogens (tertiary/aromatic N) is 2. The molecule has 0 aliphatic rings. The summed E-state index contributed by atoms with van der Waals surface area (Å²) in [5, 5.41) is 8.13. The average Bonchev–Trinajstić information content (AvgIpc) is 2.37.